The molecule has 0 saturated heterocycles. The molecule has 0 saturated carbocycles. The number of phosphoric acid groups is 1. The fourth-order valence-electron chi connectivity index (χ4n) is 1.13. The standard InChI is InChI=1S/C11H12Cl2NO5P/c1-17-20(16,18-2)19-9(10(12)13)11(15)14-8-6-4-3-5-7-8/h3-7H,1-2H3,(H,14,15). The van der Waals surface area contributed by atoms with Crippen LogP contribution in [0.25, 0.3) is 0 Å². The Kier molecular flexibility index (Phi) is 6.52. The zero-order chi connectivity index (χ0) is 15.2. The van der Waals surface area contributed by atoms with Crippen LogP contribution in [0.2, 0.25) is 0 Å². The maximum absolute atomic E-state index is 12.0. The molecule has 1 aromatic rings. The minimum atomic E-state index is -3.94. The van der Waals surface area contributed by atoms with Crippen molar-refractivity contribution in [3.63, 3.8) is 0 Å². The van der Waals surface area contributed by atoms with Crippen molar-refractivity contribution in [3.8, 4) is 0 Å². The van der Waals surface area contributed by atoms with Crippen LogP contribution in [-0.4, -0.2) is 20.1 Å². The normalized spacial score (nSPS) is 10.8. The van der Waals surface area contributed by atoms with Gasteiger partial charge in [-0.1, -0.05) is 41.4 Å². The third-order valence-electron chi connectivity index (χ3n) is 2.06. The Balaban J connectivity index is 2.91. The molecule has 0 radical (unpaired) electrons. The molecule has 1 rings (SSSR count). The number of hydrogen-bond acceptors (Lipinski definition) is 5. The number of carbonyl (C=O) groups is 1. The summed E-state index contributed by atoms with van der Waals surface area (Å²) in [5.41, 5.74) is 0.484. The van der Waals surface area contributed by atoms with Crippen molar-refractivity contribution in [2.75, 3.05) is 19.5 Å². The van der Waals surface area contributed by atoms with Crippen molar-refractivity contribution in [1.82, 2.24) is 0 Å². The zero-order valence-electron chi connectivity index (χ0n) is 10.6. The third kappa shape index (κ3) is 4.81. The Morgan fingerprint density at radius 3 is 2.15 bits per heavy atom. The molecule has 1 N–H and O–H groups in total. The second-order valence-electron chi connectivity index (χ2n) is 3.31. The molecule has 1 aromatic carbocycles. The van der Waals surface area contributed by atoms with Crippen LogP contribution in [0.5, 0.6) is 0 Å². The third-order valence-corrected chi connectivity index (χ3v) is 3.70. The van der Waals surface area contributed by atoms with Crippen molar-refractivity contribution in [1.29, 1.82) is 0 Å². The van der Waals surface area contributed by atoms with E-state index >= 15 is 0 Å². The van der Waals surface area contributed by atoms with E-state index in [4.69, 9.17) is 27.7 Å². The highest BCUT2D eigenvalue weighted by molar-refractivity contribution is 7.48. The van der Waals surface area contributed by atoms with Gasteiger partial charge < -0.3 is 9.84 Å². The molecular weight excluding hydrogens is 328 g/mol. The first kappa shape index (κ1) is 17.0. The smallest absolute Gasteiger partial charge is 0.395 e. The quantitative estimate of drug-likeness (QED) is 0.486. The highest BCUT2D eigenvalue weighted by atomic mass is 35.5. The molecule has 0 unspecified atom stereocenters. The van der Waals surface area contributed by atoms with E-state index < -0.39 is 24.0 Å². The number of halogens is 2. The predicted molar refractivity (Wildman–Crippen MR) is 76.5 cm³/mol. The van der Waals surface area contributed by atoms with Gasteiger partial charge in [-0.2, -0.15) is 0 Å². The van der Waals surface area contributed by atoms with Gasteiger partial charge in [0.05, 0.1) is 0 Å². The molecule has 9 heteroatoms. The van der Waals surface area contributed by atoms with Gasteiger partial charge in [-0.3, -0.25) is 13.8 Å². The Morgan fingerprint density at radius 1 is 1.15 bits per heavy atom. The van der Waals surface area contributed by atoms with E-state index in [0.29, 0.717) is 5.69 Å². The molecular formula is C11H12Cl2NO5P. The summed E-state index contributed by atoms with van der Waals surface area (Å²) in [4.78, 5) is 12.0. The molecule has 0 fully saturated rings. The summed E-state index contributed by atoms with van der Waals surface area (Å²) >= 11 is 11.1. The van der Waals surface area contributed by atoms with Gasteiger partial charge in [0.15, 0.2) is 4.49 Å². The highest BCUT2D eigenvalue weighted by Crippen LogP contribution is 2.50. The lowest BCUT2D eigenvalue weighted by Gasteiger charge is -2.16. The molecule has 6 nitrogen and oxygen atoms in total. The van der Waals surface area contributed by atoms with Crippen LogP contribution in [0.1, 0.15) is 0 Å². The number of carbonyl (C=O) groups excluding carboxylic acids is 1. The Bertz CT molecular complexity index is 537. The van der Waals surface area contributed by atoms with Crippen LogP contribution in [0.4, 0.5) is 5.69 Å². The molecule has 0 aliphatic heterocycles. The number of para-hydroxylation sites is 1. The van der Waals surface area contributed by atoms with Gasteiger partial charge in [0.1, 0.15) is 0 Å². The fourth-order valence-corrected chi connectivity index (χ4v) is 2.18. The first-order valence-electron chi connectivity index (χ1n) is 5.24. The van der Waals surface area contributed by atoms with Gasteiger partial charge in [0.2, 0.25) is 5.76 Å². The summed E-state index contributed by atoms with van der Waals surface area (Å²) in [6, 6.07) is 8.50. The first-order valence-corrected chi connectivity index (χ1v) is 7.46. The molecule has 110 valence electrons. The van der Waals surface area contributed by atoms with Crippen molar-refractivity contribution < 1.29 is 22.9 Å². The summed E-state index contributed by atoms with van der Waals surface area (Å²) in [5, 5.41) is 2.47. The van der Waals surface area contributed by atoms with Crippen LogP contribution in [0.3, 0.4) is 0 Å². The molecule has 0 aliphatic carbocycles. The molecule has 0 spiro atoms. The predicted octanol–water partition coefficient (Wildman–Crippen LogP) is 3.69. The van der Waals surface area contributed by atoms with E-state index in [-0.39, 0.29) is 0 Å². The number of nitrogens with one attached hydrogen (secondary N) is 1. The van der Waals surface area contributed by atoms with Gasteiger partial charge in [-0.15, -0.1) is 0 Å². The minimum Gasteiger partial charge on any atom is -0.395 e. The lowest BCUT2D eigenvalue weighted by atomic mass is 10.3. The number of rotatable bonds is 6. The Hall–Kier alpha value is -1.04. The van der Waals surface area contributed by atoms with Crippen molar-refractivity contribution in [3.05, 3.63) is 40.6 Å². The zero-order valence-corrected chi connectivity index (χ0v) is 13.0. The second kappa shape index (κ2) is 7.67. The number of benzene rings is 1. The van der Waals surface area contributed by atoms with E-state index in [9.17, 15) is 9.36 Å². The minimum absolute atomic E-state index is 0.484. The maximum Gasteiger partial charge on any atom is 0.529 e. The first-order chi connectivity index (χ1) is 9.41. The van der Waals surface area contributed by atoms with Gasteiger partial charge >= 0.3 is 7.82 Å². The van der Waals surface area contributed by atoms with E-state index in [1.807, 2.05) is 0 Å². The summed E-state index contributed by atoms with van der Waals surface area (Å²) in [7, 11) is -1.74. The van der Waals surface area contributed by atoms with E-state index in [1.54, 1.807) is 30.3 Å². The summed E-state index contributed by atoms with van der Waals surface area (Å²) in [6.07, 6.45) is 0. The molecule has 0 aromatic heterocycles. The largest absolute Gasteiger partial charge is 0.529 e. The summed E-state index contributed by atoms with van der Waals surface area (Å²) < 4.78 is 25.3. The van der Waals surface area contributed by atoms with Gasteiger partial charge in [-0.25, -0.2) is 4.57 Å². The SMILES string of the molecule is COP(=O)(OC)OC(C(=O)Nc1ccccc1)=C(Cl)Cl. The lowest BCUT2D eigenvalue weighted by molar-refractivity contribution is -0.115. The highest BCUT2D eigenvalue weighted by Gasteiger charge is 2.30. The van der Waals surface area contributed by atoms with Crippen LogP contribution in [0.15, 0.2) is 40.6 Å². The number of phosphoric ester groups is 1. The Morgan fingerprint density at radius 2 is 1.70 bits per heavy atom. The maximum atomic E-state index is 12.0. The molecule has 0 bridgehead atoms. The average molecular weight is 340 g/mol. The fraction of sp³-hybridized carbons (Fsp3) is 0.182. The van der Waals surface area contributed by atoms with E-state index in [0.717, 1.165) is 14.2 Å². The molecule has 1 amide bonds. The van der Waals surface area contributed by atoms with Gasteiger partial charge in [-0.05, 0) is 12.1 Å². The van der Waals surface area contributed by atoms with E-state index in [2.05, 4.69) is 14.4 Å². The second-order valence-corrected chi connectivity index (χ2v) is 6.07. The molecule has 0 heterocycles. The van der Waals surface area contributed by atoms with Crippen molar-refractivity contribution >= 4 is 42.6 Å². The molecule has 20 heavy (non-hydrogen) atoms. The molecule has 0 aliphatic rings. The number of amides is 1. The lowest BCUT2D eigenvalue weighted by Crippen LogP contribution is -2.17. The van der Waals surface area contributed by atoms with Crippen LogP contribution >= 0.6 is 31.0 Å². The average Bonchev–Trinajstić information content (AvgIpc) is 2.45. The van der Waals surface area contributed by atoms with Crippen molar-refractivity contribution in [2.45, 2.75) is 0 Å². The summed E-state index contributed by atoms with van der Waals surface area (Å²) in [5.74, 6) is -1.35. The van der Waals surface area contributed by atoms with Crippen LogP contribution < -0.4 is 5.32 Å². The molecule has 0 atom stereocenters. The van der Waals surface area contributed by atoms with Crippen LogP contribution in [0, 0.1) is 0 Å². The summed E-state index contributed by atoms with van der Waals surface area (Å²) in [6.45, 7) is 0. The Labute approximate surface area is 126 Å². The van der Waals surface area contributed by atoms with Gasteiger partial charge in [0, 0.05) is 19.9 Å². The topological polar surface area (TPSA) is 73.9 Å². The van der Waals surface area contributed by atoms with Crippen LogP contribution in [-0.2, 0) is 22.9 Å². The number of hydrogen-bond donors (Lipinski definition) is 1. The monoisotopic (exact) mass is 339 g/mol. The van der Waals surface area contributed by atoms with Gasteiger partial charge in [0.25, 0.3) is 5.91 Å². The van der Waals surface area contributed by atoms with Crippen molar-refractivity contribution in [2.24, 2.45) is 0 Å². The number of anilines is 1. The van der Waals surface area contributed by atoms with E-state index in [1.165, 1.54) is 0 Å².